The third kappa shape index (κ3) is 5.91. The van der Waals surface area contributed by atoms with Gasteiger partial charge in [-0.2, -0.15) is 0 Å². The summed E-state index contributed by atoms with van der Waals surface area (Å²) >= 11 is 0. The first-order valence-electron chi connectivity index (χ1n) is 9.51. The third-order valence-corrected chi connectivity index (χ3v) is 4.60. The smallest absolute Gasteiger partial charge is 0.188 e. The molecule has 0 spiro atoms. The SMILES string of the molecule is CCc1c(OCOC)cc(OCOC)c(-c2ccccc2)c1CC(O)C(O)CO. The Balaban J connectivity index is 2.70. The molecule has 2 atom stereocenters. The van der Waals surface area contributed by atoms with E-state index in [-0.39, 0.29) is 20.0 Å². The predicted molar refractivity (Wildman–Crippen MR) is 109 cm³/mol. The van der Waals surface area contributed by atoms with Gasteiger partial charge in [0.2, 0.25) is 0 Å². The molecule has 29 heavy (non-hydrogen) atoms. The van der Waals surface area contributed by atoms with Crippen LogP contribution in [0.5, 0.6) is 11.5 Å². The van der Waals surface area contributed by atoms with Crippen LogP contribution in [0.25, 0.3) is 11.1 Å². The van der Waals surface area contributed by atoms with Gasteiger partial charge in [0.25, 0.3) is 0 Å². The highest BCUT2D eigenvalue weighted by atomic mass is 16.7. The van der Waals surface area contributed by atoms with Crippen molar-refractivity contribution in [1.82, 2.24) is 0 Å². The van der Waals surface area contributed by atoms with Gasteiger partial charge in [0, 0.05) is 32.3 Å². The quantitative estimate of drug-likeness (QED) is 0.465. The van der Waals surface area contributed by atoms with Gasteiger partial charge in [-0.3, -0.25) is 0 Å². The fourth-order valence-electron chi connectivity index (χ4n) is 3.22. The maximum Gasteiger partial charge on any atom is 0.188 e. The van der Waals surface area contributed by atoms with E-state index in [2.05, 4.69) is 0 Å². The molecule has 160 valence electrons. The molecule has 3 N–H and O–H groups in total. The summed E-state index contributed by atoms with van der Waals surface area (Å²) in [6, 6.07) is 11.4. The molecule has 0 aliphatic heterocycles. The van der Waals surface area contributed by atoms with Gasteiger partial charge in [0.1, 0.15) is 17.6 Å². The maximum atomic E-state index is 10.5. The average Bonchev–Trinajstić information content (AvgIpc) is 2.75. The summed E-state index contributed by atoms with van der Waals surface area (Å²) in [5.74, 6) is 1.10. The van der Waals surface area contributed by atoms with Gasteiger partial charge in [0.05, 0.1) is 12.7 Å². The number of hydrogen-bond acceptors (Lipinski definition) is 7. The van der Waals surface area contributed by atoms with Crippen molar-refractivity contribution in [1.29, 1.82) is 0 Å². The third-order valence-electron chi connectivity index (χ3n) is 4.60. The second-order valence-electron chi connectivity index (χ2n) is 6.55. The van der Waals surface area contributed by atoms with E-state index < -0.39 is 18.8 Å². The van der Waals surface area contributed by atoms with Crippen LogP contribution in [0.3, 0.4) is 0 Å². The average molecular weight is 406 g/mol. The number of methoxy groups -OCH3 is 2. The predicted octanol–water partition coefficient (Wildman–Crippen LogP) is 2.14. The van der Waals surface area contributed by atoms with Gasteiger partial charge < -0.3 is 34.3 Å². The van der Waals surface area contributed by atoms with Crippen molar-refractivity contribution in [2.75, 3.05) is 34.4 Å². The summed E-state index contributed by atoms with van der Waals surface area (Å²) in [7, 11) is 3.07. The molecule has 0 bridgehead atoms. The molecule has 0 radical (unpaired) electrons. The van der Waals surface area contributed by atoms with Crippen LogP contribution >= 0.6 is 0 Å². The van der Waals surface area contributed by atoms with Gasteiger partial charge in [-0.1, -0.05) is 37.3 Å². The Hall–Kier alpha value is -2.16. The van der Waals surface area contributed by atoms with E-state index in [0.29, 0.717) is 17.9 Å². The van der Waals surface area contributed by atoms with Crippen molar-refractivity contribution in [2.45, 2.75) is 32.0 Å². The number of benzene rings is 2. The largest absolute Gasteiger partial charge is 0.467 e. The zero-order valence-electron chi connectivity index (χ0n) is 17.1. The highest BCUT2D eigenvalue weighted by Crippen LogP contribution is 2.41. The van der Waals surface area contributed by atoms with Crippen LogP contribution in [0, 0.1) is 0 Å². The van der Waals surface area contributed by atoms with E-state index >= 15 is 0 Å². The van der Waals surface area contributed by atoms with Crippen LogP contribution < -0.4 is 9.47 Å². The Labute approximate surface area is 171 Å². The zero-order valence-corrected chi connectivity index (χ0v) is 17.1. The lowest BCUT2D eigenvalue weighted by molar-refractivity contribution is -0.0134. The van der Waals surface area contributed by atoms with Crippen LogP contribution in [0.15, 0.2) is 36.4 Å². The summed E-state index contributed by atoms with van der Waals surface area (Å²) in [6.07, 6.45) is -1.67. The van der Waals surface area contributed by atoms with Crippen molar-refractivity contribution < 1.29 is 34.3 Å². The second-order valence-corrected chi connectivity index (χ2v) is 6.55. The Bertz CT molecular complexity index is 749. The molecule has 7 nitrogen and oxygen atoms in total. The summed E-state index contributed by atoms with van der Waals surface area (Å²) in [4.78, 5) is 0. The molecule has 0 heterocycles. The molecule has 7 heteroatoms. The monoisotopic (exact) mass is 406 g/mol. The number of aliphatic hydroxyl groups is 3. The number of aliphatic hydroxyl groups excluding tert-OH is 3. The fraction of sp³-hybridized carbons (Fsp3) is 0.455. The molecule has 0 saturated heterocycles. The van der Waals surface area contributed by atoms with Gasteiger partial charge in [-0.15, -0.1) is 0 Å². The van der Waals surface area contributed by atoms with Crippen LogP contribution in [-0.2, 0) is 22.3 Å². The van der Waals surface area contributed by atoms with E-state index in [1.54, 1.807) is 6.07 Å². The minimum absolute atomic E-state index is 0.0380. The minimum atomic E-state index is -1.25. The highest BCUT2D eigenvalue weighted by molar-refractivity contribution is 5.77. The van der Waals surface area contributed by atoms with Gasteiger partial charge in [0.15, 0.2) is 13.6 Å². The Kier molecular flexibility index (Phi) is 9.37. The number of rotatable bonds is 12. The van der Waals surface area contributed by atoms with Gasteiger partial charge in [-0.25, -0.2) is 0 Å². The number of hydrogen-bond donors (Lipinski definition) is 3. The van der Waals surface area contributed by atoms with Crippen molar-refractivity contribution in [3.63, 3.8) is 0 Å². The van der Waals surface area contributed by atoms with Gasteiger partial charge in [-0.05, 0) is 23.1 Å². The zero-order chi connectivity index (χ0) is 21.2. The Morgan fingerprint density at radius 1 is 0.862 bits per heavy atom. The van der Waals surface area contributed by atoms with Crippen molar-refractivity contribution in [2.24, 2.45) is 0 Å². The Morgan fingerprint density at radius 2 is 1.48 bits per heavy atom. The summed E-state index contributed by atoms with van der Waals surface area (Å²) in [6.45, 7) is 1.55. The normalized spacial score (nSPS) is 13.2. The van der Waals surface area contributed by atoms with E-state index in [0.717, 1.165) is 22.3 Å². The van der Waals surface area contributed by atoms with E-state index in [1.165, 1.54) is 14.2 Å². The lowest BCUT2D eigenvalue weighted by atomic mass is 9.88. The van der Waals surface area contributed by atoms with Crippen LogP contribution in [-0.4, -0.2) is 61.9 Å². The molecule has 2 aromatic rings. The first-order chi connectivity index (χ1) is 14.1. The molecular formula is C22H30O7. The molecule has 2 rings (SSSR count). The van der Waals surface area contributed by atoms with Gasteiger partial charge >= 0.3 is 0 Å². The van der Waals surface area contributed by atoms with E-state index in [4.69, 9.17) is 18.9 Å². The molecule has 0 saturated carbocycles. The van der Waals surface area contributed by atoms with Crippen molar-refractivity contribution >= 4 is 0 Å². The standard InChI is InChI=1S/C22H30O7/c1-4-16-17(10-18(24)19(25)12-23)22(15-8-6-5-7-9-15)21(29-14-27-3)11-20(16)28-13-26-2/h5-9,11,18-19,23-25H,4,10,12-14H2,1-3H3. The molecular weight excluding hydrogens is 376 g/mol. The fourth-order valence-corrected chi connectivity index (χ4v) is 3.22. The molecule has 0 aromatic heterocycles. The topological polar surface area (TPSA) is 97.6 Å². The molecule has 2 unspecified atom stereocenters. The molecule has 0 aliphatic carbocycles. The highest BCUT2D eigenvalue weighted by Gasteiger charge is 2.25. The molecule has 0 amide bonds. The van der Waals surface area contributed by atoms with Crippen molar-refractivity contribution in [3.8, 4) is 22.6 Å². The number of ether oxygens (including phenoxy) is 4. The second kappa shape index (κ2) is 11.7. The summed E-state index contributed by atoms with van der Waals surface area (Å²) < 4.78 is 21.7. The minimum Gasteiger partial charge on any atom is -0.467 e. The summed E-state index contributed by atoms with van der Waals surface area (Å²) in [5.41, 5.74) is 3.33. The lowest BCUT2D eigenvalue weighted by Gasteiger charge is -2.24. The summed E-state index contributed by atoms with van der Waals surface area (Å²) in [5, 5.41) is 29.6. The van der Waals surface area contributed by atoms with Crippen LogP contribution in [0.1, 0.15) is 18.1 Å². The molecule has 0 fully saturated rings. The molecule has 2 aromatic carbocycles. The molecule has 0 aliphatic rings. The van der Waals surface area contributed by atoms with E-state index in [9.17, 15) is 15.3 Å². The first-order valence-corrected chi connectivity index (χ1v) is 9.51. The van der Waals surface area contributed by atoms with Crippen LogP contribution in [0.4, 0.5) is 0 Å². The Morgan fingerprint density at radius 3 is 2.03 bits per heavy atom. The van der Waals surface area contributed by atoms with Crippen molar-refractivity contribution in [3.05, 3.63) is 47.5 Å². The van der Waals surface area contributed by atoms with E-state index in [1.807, 2.05) is 37.3 Å². The maximum absolute atomic E-state index is 10.5. The first kappa shape index (κ1) is 23.1. The lowest BCUT2D eigenvalue weighted by Crippen LogP contribution is -2.31. The van der Waals surface area contributed by atoms with Crippen LogP contribution in [0.2, 0.25) is 0 Å².